The number of H-pyrrole nitrogens is 1. The first-order valence-corrected chi connectivity index (χ1v) is 8.33. The van der Waals surface area contributed by atoms with E-state index in [0.29, 0.717) is 23.5 Å². The summed E-state index contributed by atoms with van der Waals surface area (Å²) in [7, 11) is 0. The summed E-state index contributed by atoms with van der Waals surface area (Å²) in [5.74, 6) is 0.250. The maximum Gasteiger partial charge on any atom is 0.263 e. The van der Waals surface area contributed by atoms with Gasteiger partial charge in [-0.15, -0.1) is 0 Å². The molecule has 3 aromatic rings. The molecule has 0 bridgehead atoms. The highest BCUT2D eigenvalue weighted by molar-refractivity contribution is 5.88. The number of aromatic nitrogens is 4. The number of rotatable bonds is 4. The van der Waals surface area contributed by atoms with Crippen molar-refractivity contribution in [2.24, 2.45) is 0 Å². The van der Waals surface area contributed by atoms with Crippen LogP contribution in [-0.4, -0.2) is 25.7 Å². The summed E-state index contributed by atoms with van der Waals surface area (Å²) in [5.41, 5.74) is 1.69. The molecule has 2 heterocycles. The number of hydrogen-bond acceptors (Lipinski definition) is 5. The molecule has 0 fully saturated rings. The lowest BCUT2D eigenvalue weighted by Crippen LogP contribution is -2.24. The molecule has 0 radical (unpaired) electrons. The van der Waals surface area contributed by atoms with Crippen LogP contribution >= 0.6 is 0 Å². The van der Waals surface area contributed by atoms with Crippen molar-refractivity contribution in [3.8, 4) is 0 Å². The first kappa shape index (κ1) is 17.7. The molecule has 26 heavy (non-hydrogen) atoms. The molecule has 3 N–H and O–H groups in total. The molecule has 1 aromatic carbocycles. The van der Waals surface area contributed by atoms with Gasteiger partial charge in [0.15, 0.2) is 5.65 Å². The minimum absolute atomic E-state index is 0.123. The molecule has 8 nitrogen and oxygen atoms in total. The van der Waals surface area contributed by atoms with Crippen molar-refractivity contribution < 1.29 is 4.79 Å². The van der Waals surface area contributed by atoms with E-state index in [4.69, 9.17) is 0 Å². The zero-order valence-electron chi connectivity index (χ0n) is 15.3. The largest absolute Gasteiger partial charge is 0.352 e. The summed E-state index contributed by atoms with van der Waals surface area (Å²) in [4.78, 5) is 30.7. The lowest BCUT2D eigenvalue weighted by molar-refractivity contribution is -0.114. The number of hydrogen-bond donors (Lipinski definition) is 3. The van der Waals surface area contributed by atoms with Gasteiger partial charge in [0.1, 0.15) is 5.39 Å². The van der Waals surface area contributed by atoms with Crippen molar-refractivity contribution in [1.82, 2.24) is 19.7 Å². The third-order valence-corrected chi connectivity index (χ3v) is 3.78. The Labute approximate surface area is 150 Å². The van der Waals surface area contributed by atoms with E-state index in [2.05, 4.69) is 25.7 Å². The van der Waals surface area contributed by atoms with Gasteiger partial charge < -0.3 is 10.6 Å². The smallest absolute Gasteiger partial charge is 0.263 e. The number of carbonyl (C=O) groups is 1. The molecule has 3 rings (SSSR count). The van der Waals surface area contributed by atoms with Gasteiger partial charge in [0.25, 0.3) is 5.56 Å². The maximum absolute atomic E-state index is 12.3. The van der Waals surface area contributed by atoms with Crippen LogP contribution in [0.2, 0.25) is 0 Å². The Balaban J connectivity index is 1.85. The third kappa shape index (κ3) is 3.74. The van der Waals surface area contributed by atoms with Gasteiger partial charge in [-0.2, -0.15) is 10.1 Å². The average molecular weight is 354 g/mol. The summed E-state index contributed by atoms with van der Waals surface area (Å²) < 4.78 is 1.74. The van der Waals surface area contributed by atoms with E-state index in [1.165, 1.54) is 13.1 Å². The molecule has 0 aliphatic carbocycles. The topological polar surface area (TPSA) is 105 Å². The number of anilines is 2. The number of amides is 1. The summed E-state index contributed by atoms with van der Waals surface area (Å²) in [5, 5.41) is 10.6. The second kappa shape index (κ2) is 6.62. The third-order valence-electron chi connectivity index (χ3n) is 3.78. The fourth-order valence-electron chi connectivity index (χ4n) is 2.64. The van der Waals surface area contributed by atoms with Gasteiger partial charge in [-0.05, 0) is 38.5 Å². The van der Waals surface area contributed by atoms with Gasteiger partial charge >= 0.3 is 0 Å². The van der Waals surface area contributed by atoms with Gasteiger partial charge in [-0.25, -0.2) is 4.68 Å². The van der Waals surface area contributed by atoms with Crippen LogP contribution in [0.15, 0.2) is 35.3 Å². The Kier molecular flexibility index (Phi) is 4.50. The fraction of sp³-hybridized carbons (Fsp3) is 0.333. The zero-order chi connectivity index (χ0) is 18.9. The van der Waals surface area contributed by atoms with E-state index in [1.54, 1.807) is 4.68 Å². The molecule has 0 unspecified atom stereocenters. The predicted octanol–water partition coefficient (Wildman–Crippen LogP) is 2.45. The van der Waals surface area contributed by atoms with E-state index in [9.17, 15) is 9.59 Å². The molecule has 0 saturated carbocycles. The van der Waals surface area contributed by atoms with Crippen molar-refractivity contribution in [3.05, 3.63) is 46.4 Å². The summed E-state index contributed by atoms with van der Waals surface area (Å²) >= 11 is 0. The molecule has 0 atom stereocenters. The minimum atomic E-state index is -0.285. The van der Waals surface area contributed by atoms with E-state index < -0.39 is 0 Å². The SMILES string of the molecule is CC(=O)Nc1cccc(CNc2nc3c(cnn3C(C)(C)C)c(=O)[nH]2)c1. The quantitative estimate of drug-likeness (QED) is 0.667. The summed E-state index contributed by atoms with van der Waals surface area (Å²) in [6.07, 6.45) is 1.53. The Hall–Kier alpha value is -3.16. The molecule has 0 spiro atoms. The van der Waals surface area contributed by atoms with Crippen LogP contribution in [0.3, 0.4) is 0 Å². The Morgan fingerprint density at radius 2 is 2.08 bits per heavy atom. The Bertz CT molecular complexity index is 1010. The zero-order valence-corrected chi connectivity index (χ0v) is 15.3. The highest BCUT2D eigenvalue weighted by atomic mass is 16.1. The van der Waals surface area contributed by atoms with Crippen LogP contribution in [0.5, 0.6) is 0 Å². The van der Waals surface area contributed by atoms with Gasteiger partial charge in [-0.1, -0.05) is 12.1 Å². The van der Waals surface area contributed by atoms with Crippen LogP contribution in [0.25, 0.3) is 11.0 Å². The van der Waals surface area contributed by atoms with Crippen molar-refractivity contribution in [2.45, 2.75) is 39.8 Å². The monoisotopic (exact) mass is 354 g/mol. The summed E-state index contributed by atoms with van der Waals surface area (Å²) in [6.45, 7) is 7.92. The van der Waals surface area contributed by atoms with Gasteiger partial charge in [0.2, 0.25) is 11.9 Å². The molecule has 0 saturated heterocycles. The van der Waals surface area contributed by atoms with Crippen molar-refractivity contribution in [3.63, 3.8) is 0 Å². The molecule has 0 aliphatic heterocycles. The second-order valence-corrected chi connectivity index (χ2v) is 7.11. The van der Waals surface area contributed by atoms with Crippen LogP contribution < -0.4 is 16.2 Å². The Morgan fingerprint density at radius 1 is 1.31 bits per heavy atom. The van der Waals surface area contributed by atoms with Crippen molar-refractivity contribution in [2.75, 3.05) is 10.6 Å². The van der Waals surface area contributed by atoms with Crippen molar-refractivity contribution >= 4 is 28.6 Å². The summed E-state index contributed by atoms with van der Waals surface area (Å²) in [6, 6.07) is 7.47. The van der Waals surface area contributed by atoms with E-state index in [0.717, 1.165) is 11.3 Å². The van der Waals surface area contributed by atoms with Crippen LogP contribution in [0.1, 0.15) is 33.3 Å². The average Bonchev–Trinajstić information content (AvgIpc) is 2.97. The normalized spacial score (nSPS) is 11.5. The first-order valence-electron chi connectivity index (χ1n) is 8.33. The molecule has 2 aromatic heterocycles. The first-order chi connectivity index (χ1) is 12.2. The van der Waals surface area contributed by atoms with Crippen LogP contribution in [0, 0.1) is 0 Å². The lowest BCUT2D eigenvalue weighted by atomic mass is 10.1. The van der Waals surface area contributed by atoms with Crippen molar-refractivity contribution in [1.29, 1.82) is 0 Å². The molecule has 0 aliphatic rings. The number of nitrogens with one attached hydrogen (secondary N) is 3. The van der Waals surface area contributed by atoms with Crippen LogP contribution in [-0.2, 0) is 16.9 Å². The molecule has 1 amide bonds. The second-order valence-electron chi connectivity index (χ2n) is 7.11. The van der Waals surface area contributed by atoms with Crippen LogP contribution in [0.4, 0.5) is 11.6 Å². The van der Waals surface area contributed by atoms with Gasteiger partial charge in [0, 0.05) is 19.2 Å². The molecular weight excluding hydrogens is 332 g/mol. The molecule has 136 valence electrons. The van der Waals surface area contributed by atoms with Gasteiger partial charge in [-0.3, -0.25) is 14.6 Å². The number of benzene rings is 1. The maximum atomic E-state index is 12.3. The molecular formula is C18H22N6O2. The van der Waals surface area contributed by atoms with E-state index >= 15 is 0 Å². The predicted molar refractivity (Wildman–Crippen MR) is 101 cm³/mol. The van der Waals surface area contributed by atoms with E-state index in [1.807, 2.05) is 45.0 Å². The lowest BCUT2D eigenvalue weighted by Gasteiger charge is -2.19. The number of aromatic amines is 1. The minimum Gasteiger partial charge on any atom is -0.352 e. The molecule has 8 heteroatoms. The highest BCUT2D eigenvalue weighted by Gasteiger charge is 2.19. The fourth-order valence-corrected chi connectivity index (χ4v) is 2.64. The number of fused-ring (bicyclic) bond motifs is 1. The Morgan fingerprint density at radius 3 is 2.77 bits per heavy atom. The van der Waals surface area contributed by atoms with Gasteiger partial charge in [0.05, 0.1) is 11.7 Å². The number of carbonyl (C=O) groups excluding carboxylic acids is 1. The number of nitrogens with zero attached hydrogens (tertiary/aromatic N) is 3. The van der Waals surface area contributed by atoms with E-state index in [-0.39, 0.29) is 17.0 Å². The standard InChI is InChI=1S/C18H22N6O2/c1-11(25)21-13-7-5-6-12(8-13)9-19-17-22-15-14(16(26)23-17)10-20-24(15)18(2,3)4/h5-8,10H,9H2,1-4H3,(H,21,25)(H2,19,22,23,26). The highest BCUT2D eigenvalue weighted by Crippen LogP contribution is 2.19.